The van der Waals surface area contributed by atoms with Crippen molar-refractivity contribution in [3.8, 4) is 0 Å². The van der Waals surface area contributed by atoms with Crippen LogP contribution >= 0.6 is 0 Å². The van der Waals surface area contributed by atoms with Crippen molar-refractivity contribution in [3.63, 3.8) is 0 Å². The SMILES string of the molecule is FC(F)(F)c1ccc([IH+])cc1.O=S(=O)([O-])c1ccccc1. The first-order valence-electron chi connectivity index (χ1n) is 5.46. The minimum absolute atomic E-state index is 0.185. The molecule has 21 heavy (non-hydrogen) atoms. The third-order valence-electron chi connectivity index (χ3n) is 2.21. The van der Waals surface area contributed by atoms with Gasteiger partial charge in [-0.15, -0.1) is 0 Å². The van der Waals surface area contributed by atoms with E-state index < -0.39 is 21.9 Å². The van der Waals surface area contributed by atoms with Crippen molar-refractivity contribution in [3.05, 3.63) is 63.7 Å². The van der Waals surface area contributed by atoms with Crippen LogP contribution in [0.25, 0.3) is 0 Å². The van der Waals surface area contributed by atoms with Crippen molar-refractivity contribution in [1.82, 2.24) is 0 Å². The lowest BCUT2D eigenvalue weighted by molar-refractivity contribution is -0.328. The van der Waals surface area contributed by atoms with Crippen molar-refractivity contribution < 1.29 is 48.7 Å². The minimum atomic E-state index is -4.25. The molecule has 0 unspecified atom stereocenters. The molecule has 2 aromatic rings. The van der Waals surface area contributed by atoms with E-state index in [2.05, 4.69) is 0 Å². The number of alkyl halides is 3. The maximum absolute atomic E-state index is 11.9. The summed E-state index contributed by atoms with van der Waals surface area (Å²) < 4.78 is 67.4. The standard InChI is InChI=1S/C7H5F3I.C6H6O3S/c8-7(9,10)5-1-3-6(11)4-2-5;7-10(8,9)6-4-2-1-3-5-6/h1-4,11H;1-5H,(H,7,8,9)/q+1;/p-1. The molecule has 0 aliphatic rings. The van der Waals surface area contributed by atoms with Crippen LogP contribution in [0.15, 0.2) is 59.5 Å². The smallest absolute Gasteiger partial charge is 0.416 e. The quantitative estimate of drug-likeness (QED) is 0.464. The zero-order valence-electron chi connectivity index (χ0n) is 10.4. The predicted molar refractivity (Wildman–Crippen MR) is 65.9 cm³/mol. The Bertz CT molecular complexity index is 668. The van der Waals surface area contributed by atoms with Crippen LogP contribution in [0.2, 0.25) is 0 Å². The van der Waals surface area contributed by atoms with Crippen molar-refractivity contribution in [2.24, 2.45) is 0 Å². The summed E-state index contributed by atoms with van der Waals surface area (Å²) in [5.74, 6) is 0. The van der Waals surface area contributed by atoms with Gasteiger partial charge in [0, 0.05) is 0 Å². The van der Waals surface area contributed by atoms with Gasteiger partial charge in [0.05, 0.1) is 10.5 Å². The number of hydrogen-bond donors (Lipinski definition) is 0. The average molecular weight is 430 g/mol. The molecule has 0 radical (unpaired) electrons. The second-order valence-electron chi connectivity index (χ2n) is 3.79. The molecule has 0 atom stereocenters. The summed E-state index contributed by atoms with van der Waals surface area (Å²) >= 11 is 1.68. The fourth-order valence-electron chi connectivity index (χ4n) is 1.23. The molecule has 0 saturated carbocycles. The zero-order chi connectivity index (χ0) is 16.1. The summed E-state index contributed by atoms with van der Waals surface area (Å²) in [4.78, 5) is -0.185. The Balaban J connectivity index is 0.000000211. The van der Waals surface area contributed by atoms with Gasteiger partial charge in [0.2, 0.25) is 0 Å². The van der Waals surface area contributed by atoms with Crippen molar-refractivity contribution in [2.45, 2.75) is 11.1 Å². The van der Waals surface area contributed by atoms with E-state index >= 15 is 0 Å². The van der Waals surface area contributed by atoms with Gasteiger partial charge in [-0.3, -0.25) is 0 Å². The minimum Gasteiger partial charge on any atom is -0.744 e. The monoisotopic (exact) mass is 430 g/mol. The van der Waals surface area contributed by atoms with E-state index in [0.29, 0.717) is 0 Å². The lowest BCUT2D eigenvalue weighted by Gasteiger charge is -2.04. The molecule has 0 heterocycles. The Morgan fingerprint density at radius 1 is 0.905 bits per heavy atom. The molecule has 3 nitrogen and oxygen atoms in total. The molecule has 2 rings (SSSR count). The van der Waals surface area contributed by atoms with Gasteiger partial charge in [-0.05, 0) is 36.4 Å². The summed E-state index contributed by atoms with van der Waals surface area (Å²) in [6.45, 7) is 0. The summed E-state index contributed by atoms with van der Waals surface area (Å²) in [5, 5.41) is 0. The number of benzene rings is 2. The molecule has 0 aromatic heterocycles. The topological polar surface area (TPSA) is 57.2 Å². The Morgan fingerprint density at radius 3 is 1.71 bits per heavy atom. The summed E-state index contributed by atoms with van der Waals surface area (Å²) in [5.41, 5.74) is -0.593. The molecular weight excluding hydrogens is 420 g/mol. The van der Waals surface area contributed by atoms with Gasteiger partial charge < -0.3 is 4.55 Å². The Morgan fingerprint density at radius 2 is 1.38 bits per heavy atom. The highest BCUT2D eigenvalue weighted by Crippen LogP contribution is 2.28. The van der Waals surface area contributed by atoms with E-state index in [1.165, 1.54) is 36.4 Å². The third-order valence-corrected chi connectivity index (χ3v) is 3.84. The van der Waals surface area contributed by atoms with Gasteiger partial charge in [0.25, 0.3) is 22.6 Å². The van der Waals surface area contributed by atoms with Crippen LogP contribution in [-0.2, 0) is 16.3 Å². The lowest BCUT2D eigenvalue weighted by atomic mass is 10.2. The maximum atomic E-state index is 11.9. The van der Waals surface area contributed by atoms with Gasteiger partial charge in [0.15, 0.2) is 3.57 Å². The molecule has 0 saturated heterocycles. The molecule has 114 valence electrons. The second kappa shape index (κ2) is 7.23. The highest BCUT2D eigenvalue weighted by Gasteiger charge is 2.30. The van der Waals surface area contributed by atoms with Gasteiger partial charge in [-0.2, -0.15) is 13.2 Å². The number of rotatable bonds is 1. The fraction of sp³-hybridized carbons (Fsp3) is 0.0769. The maximum Gasteiger partial charge on any atom is 0.416 e. The first-order chi connectivity index (χ1) is 9.60. The Hall–Kier alpha value is -1.13. The van der Waals surface area contributed by atoms with Crippen LogP contribution < -0.4 is 22.6 Å². The average Bonchev–Trinajstić information content (AvgIpc) is 2.39. The van der Waals surface area contributed by atoms with E-state index in [0.717, 1.165) is 15.7 Å². The van der Waals surface area contributed by atoms with Crippen LogP contribution in [0.3, 0.4) is 0 Å². The van der Waals surface area contributed by atoms with Crippen LogP contribution in [-0.4, -0.2) is 13.0 Å². The highest BCUT2D eigenvalue weighted by molar-refractivity contribution is 7.85. The first kappa shape index (κ1) is 17.9. The molecule has 0 amide bonds. The van der Waals surface area contributed by atoms with E-state index in [9.17, 15) is 26.1 Å². The predicted octanol–water partition coefficient (Wildman–Crippen LogP) is -0.249. The van der Waals surface area contributed by atoms with Crippen molar-refractivity contribution >= 4 is 10.1 Å². The largest absolute Gasteiger partial charge is 0.744 e. The zero-order valence-corrected chi connectivity index (χ0v) is 13.5. The van der Waals surface area contributed by atoms with Gasteiger partial charge >= 0.3 is 6.18 Å². The molecule has 0 bridgehead atoms. The molecular formula is C13H10F3IO3S. The van der Waals surface area contributed by atoms with E-state index in [-0.39, 0.29) is 4.90 Å². The van der Waals surface area contributed by atoms with Gasteiger partial charge in [-0.1, -0.05) is 18.2 Å². The molecule has 0 spiro atoms. The van der Waals surface area contributed by atoms with Gasteiger partial charge in [0.1, 0.15) is 10.1 Å². The van der Waals surface area contributed by atoms with Crippen LogP contribution in [0.4, 0.5) is 13.2 Å². The molecule has 0 fully saturated rings. The molecule has 8 heteroatoms. The van der Waals surface area contributed by atoms with Crippen molar-refractivity contribution in [1.29, 1.82) is 0 Å². The number of halogens is 4. The first-order valence-corrected chi connectivity index (χ1v) is 8.03. The van der Waals surface area contributed by atoms with Crippen LogP contribution in [0.5, 0.6) is 0 Å². The highest BCUT2D eigenvalue weighted by atomic mass is 127. The molecule has 0 N–H and O–H groups in total. The number of hydrogen-bond acceptors (Lipinski definition) is 3. The van der Waals surface area contributed by atoms with Crippen molar-refractivity contribution in [2.75, 3.05) is 0 Å². The van der Waals surface area contributed by atoms with Gasteiger partial charge in [-0.25, -0.2) is 8.42 Å². The van der Waals surface area contributed by atoms with E-state index in [1.54, 1.807) is 28.7 Å². The Kier molecular flexibility index (Phi) is 6.17. The third kappa shape index (κ3) is 6.44. The van der Waals surface area contributed by atoms with Crippen LogP contribution in [0.1, 0.15) is 5.56 Å². The molecule has 2 aromatic carbocycles. The fourth-order valence-corrected chi connectivity index (χ4v) is 2.11. The normalized spacial score (nSPS) is 11.5. The summed E-state index contributed by atoms with van der Waals surface area (Å²) in [6, 6.07) is 12.3. The lowest BCUT2D eigenvalue weighted by Crippen LogP contribution is -3.34. The summed E-state index contributed by atoms with van der Waals surface area (Å²) in [6.07, 6.45) is -4.21. The van der Waals surface area contributed by atoms with E-state index in [4.69, 9.17) is 0 Å². The van der Waals surface area contributed by atoms with Crippen LogP contribution in [0, 0.1) is 3.57 Å². The Labute approximate surface area is 133 Å². The second-order valence-corrected chi connectivity index (χ2v) is 6.51. The summed E-state index contributed by atoms with van der Waals surface area (Å²) in [7, 11) is -4.25. The van der Waals surface area contributed by atoms with E-state index in [1.807, 2.05) is 0 Å². The molecule has 0 aliphatic carbocycles. The molecule has 0 aliphatic heterocycles.